The zero-order valence-electron chi connectivity index (χ0n) is 18.4. The summed E-state index contributed by atoms with van der Waals surface area (Å²) in [5.41, 5.74) is 3.38. The normalized spacial score (nSPS) is 22.7. The fraction of sp³-hybridized carbons (Fsp3) is 0.385. The van der Waals surface area contributed by atoms with Crippen LogP contribution in [-0.4, -0.2) is 38.9 Å². The minimum atomic E-state index is -0.526. The second kappa shape index (κ2) is 10.7. The summed E-state index contributed by atoms with van der Waals surface area (Å²) in [6, 6.07) is 19.9. The van der Waals surface area contributed by atoms with Gasteiger partial charge in [0.25, 0.3) is 0 Å². The van der Waals surface area contributed by atoms with Crippen LogP contribution in [0.25, 0.3) is 0 Å². The Hall–Kier alpha value is -2.80. The van der Waals surface area contributed by atoms with Gasteiger partial charge in [-0.25, -0.2) is 9.97 Å². The third-order valence-corrected chi connectivity index (χ3v) is 6.40. The number of aryl methyl sites for hydroxylation is 1. The van der Waals surface area contributed by atoms with Crippen molar-refractivity contribution < 1.29 is 14.9 Å². The van der Waals surface area contributed by atoms with E-state index in [-0.39, 0.29) is 24.5 Å². The number of benzene rings is 2. The molecule has 1 heterocycles. The largest absolute Gasteiger partial charge is 0.486 e. The summed E-state index contributed by atoms with van der Waals surface area (Å²) in [6.45, 7) is 3.10. The predicted octanol–water partition coefficient (Wildman–Crippen LogP) is 3.05. The zero-order valence-corrected chi connectivity index (χ0v) is 18.4. The molecule has 4 unspecified atom stereocenters. The van der Waals surface area contributed by atoms with Gasteiger partial charge in [0, 0.05) is 37.0 Å². The Morgan fingerprint density at radius 3 is 2.59 bits per heavy atom. The Bertz CT molecular complexity index is 998. The van der Waals surface area contributed by atoms with E-state index >= 15 is 0 Å². The molecule has 0 spiro atoms. The first-order chi connectivity index (χ1) is 15.6. The lowest BCUT2D eigenvalue weighted by Crippen LogP contribution is -2.36. The topological polar surface area (TPSA) is 87.5 Å². The molecular formula is C26H31N3O3. The van der Waals surface area contributed by atoms with Crippen LogP contribution in [0.5, 0.6) is 5.75 Å². The highest BCUT2D eigenvalue weighted by Crippen LogP contribution is 2.35. The number of rotatable bonds is 9. The minimum absolute atomic E-state index is 0.0383. The molecule has 6 nitrogen and oxygen atoms in total. The van der Waals surface area contributed by atoms with Crippen molar-refractivity contribution in [2.45, 2.75) is 45.1 Å². The van der Waals surface area contributed by atoms with Crippen molar-refractivity contribution in [3.63, 3.8) is 0 Å². The van der Waals surface area contributed by atoms with E-state index in [2.05, 4.69) is 34.3 Å². The van der Waals surface area contributed by atoms with Crippen molar-refractivity contribution >= 4 is 0 Å². The van der Waals surface area contributed by atoms with Crippen LogP contribution in [0.3, 0.4) is 0 Å². The molecule has 32 heavy (non-hydrogen) atoms. The third kappa shape index (κ3) is 5.51. The number of aromatic nitrogens is 2. The third-order valence-electron chi connectivity index (χ3n) is 6.40. The smallest absolute Gasteiger partial charge is 0.166 e. The Morgan fingerprint density at radius 1 is 1.03 bits per heavy atom. The molecule has 1 fully saturated rings. The molecule has 2 aromatic carbocycles. The number of hydrogen-bond acceptors (Lipinski definition) is 6. The Labute approximate surface area is 189 Å². The molecular weight excluding hydrogens is 402 g/mol. The fourth-order valence-corrected chi connectivity index (χ4v) is 4.56. The molecule has 1 aromatic heterocycles. The quantitative estimate of drug-likeness (QED) is 0.481. The highest BCUT2D eigenvalue weighted by Gasteiger charge is 2.42. The summed E-state index contributed by atoms with van der Waals surface area (Å²) < 4.78 is 5.78. The van der Waals surface area contributed by atoms with Crippen molar-refractivity contribution in [3.05, 3.63) is 89.5 Å². The standard InChI is InChI=1S/C26H31N3O3/c1-18-7-5-6-8-19(18)15-28-24-14-25(31)23(16-30)22(24)13-20-11-12-27-26(29-20)17-32-21-9-3-2-4-10-21/h2-12,22-25,28,30-31H,13-17H2,1H3. The average molecular weight is 434 g/mol. The molecule has 3 N–H and O–H groups in total. The zero-order chi connectivity index (χ0) is 22.3. The van der Waals surface area contributed by atoms with Gasteiger partial charge in [0.1, 0.15) is 12.4 Å². The number of nitrogens with zero attached hydrogens (tertiary/aromatic N) is 2. The molecule has 0 aliphatic heterocycles. The van der Waals surface area contributed by atoms with E-state index in [0.29, 0.717) is 25.3 Å². The van der Waals surface area contributed by atoms with Crippen molar-refractivity contribution in [1.82, 2.24) is 15.3 Å². The molecule has 0 saturated heterocycles. The van der Waals surface area contributed by atoms with Crippen LogP contribution in [0.15, 0.2) is 66.9 Å². The summed E-state index contributed by atoms with van der Waals surface area (Å²) in [5.74, 6) is 1.30. The molecule has 0 bridgehead atoms. The maximum atomic E-state index is 10.6. The van der Waals surface area contributed by atoms with E-state index in [4.69, 9.17) is 4.74 Å². The van der Waals surface area contributed by atoms with Crippen molar-refractivity contribution in [3.8, 4) is 5.75 Å². The van der Waals surface area contributed by atoms with Crippen molar-refractivity contribution in [2.24, 2.45) is 11.8 Å². The maximum absolute atomic E-state index is 10.6. The highest BCUT2D eigenvalue weighted by atomic mass is 16.5. The molecule has 3 aromatic rings. The minimum Gasteiger partial charge on any atom is -0.486 e. The van der Waals surface area contributed by atoms with Gasteiger partial charge in [-0.1, -0.05) is 42.5 Å². The van der Waals surface area contributed by atoms with Gasteiger partial charge in [0.15, 0.2) is 5.82 Å². The summed E-state index contributed by atoms with van der Waals surface area (Å²) in [4.78, 5) is 9.02. The summed E-state index contributed by atoms with van der Waals surface area (Å²) in [5, 5.41) is 24.2. The van der Waals surface area contributed by atoms with Gasteiger partial charge in [-0.3, -0.25) is 0 Å². The molecule has 6 heteroatoms. The molecule has 0 radical (unpaired) electrons. The van der Waals surface area contributed by atoms with Gasteiger partial charge >= 0.3 is 0 Å². The van der Waals surface area contributed by atoms with Crippen LogP contribution in [0.1, 0.15) is 29.1 Å². The Kier molecular flexibility index (Phi) is 7.47. The first-order valence-corrected chi connectivity index (χ1v) is 11.2. The van der Waals surface area contributed by atoms with E-state index in [0.717, 1.165) is 18.0 Å². The number of ether oxygens (including phenoxy) is 1. The van der Waals surface area contributed by atoms with Crippen LogP contribution in [0.2, 0.25) is 0 Å². The lowest BCUT2D eigenvalue weighted by atomic mass is 9.88. The Balaban J connectivity index is 1.43. The monoisotopic (exact) mass is 433 g/mol. The second-order valence-electron chi connectivity index (χ2n) is 8.50. The molecule has 0 amide bonds. The fourth-order valence-electron chi connectivity index (χ4n) is 4.56. The van der Waals surface area contributed by atoms with Gasteiger partial charge < -0.3 is 20.3 Å². The van der Waals surface area contributed by atoms with E-state index < -0.39 is 6.10 Å². The first kappa shape index (κ1) is 22.4. The van der Waals surface area contributed by atoms with Gasteiger partial charge in [0.05, 0.1) is 6.10 Å². The summed E-state index contributed by atoms with van der Waals surface area (Å²) in [6.07, 6.45) is 2.51. The van der Waals surface area contributed by atoms with Crippen LogP contribution >= 0.6 is 0 Å². The van der Waals surface area contributed by atoms with Crippen LogP contribution in [-0.2, 0) is 19.6 Å². The first-order valence-electron chi connectivity index (χ1n) is 11.2. The van der Waals surface area contributed by atoms with E-state index in [1.54, 1.807) is 6.20 Å². The molecule has 1 aliphatic rings. The molecule has 168 valence electrons. The maximum Gasteiger partial charge on any atom is 0.166 e. The van der Waals surface area contributed by atoms with E-state index in [1.807, 2.05) is 48.5 Å². The van der Waals surface area contributed by atoms with Crippen molar-refractivity contribution in [2.75, 3.05) is 6.61 Å². The predicted molar refractivity (Wildman–Crippen MR) is 123 cm³/mol. The number of nitrogens with one attached hydrogen (secondary N) is 1. The van der Waals surface area contributed by atoms with Crippen molar-refractivity contribution in [1.29, 1.82) is 0 Å². The van der Waals surface area contributed by atoms with Gasteiger partial charge in [-0.15, -0.1) is 0 Å². The second-order valence-corrected chi connectivity index (χ2v) is 8.50. The lowest BCUT2D eigenvalue weighted by molar-refractivity contribution is 0.0715. The number of hydrogen-bond donors (Lipinski definition) is 3. The van der Waals surface area contributed by atoms with Crippen LogP contribution in [0.4, 0.5) is 0 Å². The lowest BCUT2D eigenvalue weighted by Gasteiger charge is -2.25. The van der Waals surface area contributed by atoms with Crippen LogP contribution < -0.4 is 10.1 Å². The average Bonchev–Trinajstić information content (AvgIpc) is 3.12. The number of aliphatic hydroxyl groups excluding tert-OH is 2. The van der Waals surface area contributed by atoms with E-state index in [9.17, 15) is 10.2 Å². The van der Waals surface area contributed by atoms with Gasteiger partial charge in [0.2, 0.25) is 0 Å². The summed E-state index contributed by atoms with van der Waals surface area (Å²) >= 11 is 0. The SMILES string of the molecule is Cc1ccccc1CNC1CC(O)C(CO)C1Cc1ccnc(COc2ccccc2)n1. The van der Waals surface area contributed by atoms with Crippen LogP contribution in [0, 0.1) is 18.8 Å². The van der Waals surface area contributed by atoms with Gasteiger partial charge in [-0.05, 0) is 55.0 Å². The molecule has 1 aliphatic carbocycles. The molecule has 4 atom stereocenters. The Morgan fingerprint density at radius 2 is 1.81 bits per heavy atom. The van der Waals surface area contributed by atoms with Gasteiger partial charge in [-0.2, -0.15) is 0 Å². The van der Waals surface area contributed by atoms with E-state index in [1.165, 1.54) is 11.1 Å². The molecule has 1 saturated carbocycles. The number of para-hydroxylation sites is 1. The number of aliphatic hydroxyl groups is 2. The molecule has 4 rings (SSSR count). The highest BCUT2D eigenvalue weighted by molar-refractivity contribution is 5.25. The summed E-state index contributed by atoms with van der Waals surface area (Å²) in [7, 11) is 0.